The molecule has 2 aliphatic heterocycles. The Morgan fingerprint density at radius 3 is 1.87 bits per heavy atom. The Kier molecular flexibility index (Phi) is 5.37. The van der Waals surface area contributed by atoms with Gasteiger partial charge in [0.2, 0.25) is 0 Å². The summed E-state index contributed by atoms with van der Waals surface area (Å²) < 4.78 is 129. The van der Waals surface area contributed by atoms with Gasteiger partial charge in [0.1, 0.15) is 11.6 Å². The number of hydrogen-bond donors (Lipinski definition) is 0. The Balaban J connectivity index is 0.000000172. The lowest BCUT2D eigenvalue weighted by Gasteiger charge is -2.17. The van der Waals surface area contributed by atoms with Crippen LogP contribution in [-0.4, -0.2) is 16.8 Å². The van der Waals surface area contributed by atoms with Crippen LogP contribution in [0.15, 0.2) is 40.1 Å². The van der Waals surface area contributed by atoms with E-state index in [2.05, 4.69) is 0 Å². The summed E-state index contributed by atoms with van der Waals surface area (Å²) in [7, 11) is 0. The van der Waals surface area contributed by atoms with Crippen LogP contribution in [0.2, 0.25) is 0 Å². The summed E-state index contributed by atoms with van der Waals surface area (Å²) in [6, 6.07) is 3.28. The largest absolute Gasteiger partial charge is 0.364 e. The van der Waals surface area contributed by atoms with Crippen molar-refractivity contribution < 1.29 is 48.7 Å². The van der Waals surface area contributed by atoms with E-state index in [4.69, 9.17) is 0 Å². The van der Waals surface area contributed by atoms with Crippen molar-refractivity contribution in [3.05, 3.63) is 58.7 Å². The van der Waals surface area contributed by atoms with E-state index < -0.39 is 72.2 Å². The zero-order valence-corrected chi connectivity index (χ0v) is 15.6. The predicted octanol–water partition coefficient (Wildman–Crippen LogP) is 7.04. The summed E-state index contributed by atoms with van der Waals surface area (Å²) in [5.41, 5.74) is -2.57. The van der Waals surface area contributed by atoms with Gasteiger partial charge in [0, 0.05) is 20.9 Å². The maximum absolute atomic E-state index is 13.2. The van der Waals surface area contributed by atoms with Crippen LogP contribution in [-0.2, 0) is 11.8 Å². The Bertz CT molecular complexity index is 1020. The number of carbonyl (C=O) groups is 1. The van der Waals surface area contributed by atoms with Crippen LogP contribution in [0.1, 0.15) is 21.5 Å². The van der Waals surface area contributed by atoms with Crippen LogP contribution in [0.4, 0.5) is 43.9 Å². The van der Waals surface area contributed by atoms with Gasteiger partial charge in [0.25, 0.3) is 0 Å². The van der Waals surface area contributed by atoms with Gasteiger partial charge in [-0.05, 0) is 53.9 Å². The van der Waals surface area contributed by atoms with Gasteiger partial charge in [-0.15, -0.1) is 0 Å². The number of carbonyl (C=O) groups excluding carboxylic acids is 1. The second kappa shape index (κ2) is 7.08. The molecule has 0 N–H and O–H groups in total. The highest BCUT2D eigenvalue weighted by molar-refractivity contribution is 8.01. The number of aldehydes is 1. The molecule has 0 aliphatic carbocycles. The quantitative estimate of drug-likeness (QED) is 0.322. The van der Waals surface area contributed by atoms with E-state index in [9.17, 15) is 48.7 Å². The Morgan fingerprint density at radius 1 is 0.733 bits per heavy atom. The minimum absolute atomic E-state index is 0.0430. The van der Waals surface area contributed by atoms with Crippen molar-refractivity contribution >= 4 is 29.8 Å². The standard InChI is InChI=1S/C9H3F5OS.C8H3F5S/c10-6-2-1-5-7(4(6)3-15)16-9(13,14)8(5,11)12;9-4-1-2-5-6(3-4)14-8(12,13)7(5,10)11/h1-3H;1-3H. The second-order valence-electron chi connectivity index (χ2n) is 5.98. The summed E-state index contributed by atoms with van der Waals surface area (Å²) >= 11 is -0.798. The molecule has 0 fully saturated rings. The molecule has 2 aliphatic rings. The molecule has 4 rings (SSSR count). The molecule has 0 saturated heterocycles. The van der Waals surface area contributed by atoms with Crippen LogP contribution < -0.4 is 0 Å². The predicted molar refractivity (Wildman–Crippen MR) is 87.6 cm³/mol. The molecule has 0 unspecified atom stereocenters. The molecule has 1 nitrogen and oxygen atoms in total. The molecule has 2 aromatic carbocycles. The van der Waals surface area contributed by atoms with E-state index in [1.165, 1.54) is 0 Å². The molecule has 0 spiro atoms. The molecule has 30 heavy (non-hydrogen) atoms. The first-order valence-corrected chi connectivity index (χ1v) is 9.26. The van der Waals surface area contributed by atoms with Gasteiger partial charge >= 0.3 is 22.4 Å². The maximum atomic E-state index is 13.2. The number of hydrogen-bond acceptors (Lipinski definition) is 3. The molecule has 0 radical (unpaired) electrons. The van der Waals surface area contributed by atoms with Gasteiger partial charge in [-0.1, -0.05) is 0 Å². The van der Waals surface area contributed by atoms with Gasteiger partial charge in [0.05, 0.1) is 5.56 Å². The van der Waals surface area contributed by atoms with Crippen molar-refractivity contribution in [2.45, 2.75) is 32.1 Å². The summed E-state index contributed by atoms with van der Waals surface area (Å²) in [4.78, 5) is 9.37. The fraction of sp³-hybridized carbons (Fsp3) is 0.235. The molecule has 0 atom stereocenters. The van der Waals surface area contributed by atoms with Gasteiger partial charge < -0.3 is 0 Å². The molecule has 0 aromatic heterocycles. The highest BCUT2D eigenvalue weighted by Crippen LogP contribution is 2.61. The van der Waals surface area contributed by atoms with E-state index in [1.807, 2.05) is 0 Å². The first-order chi connectivity index (χ1) is 13.7. The number of fused-ring (bicyclic) bond motifs is 2. The van der Waals surface area contributed by atoms with E-state index in [0.717, 1.165) is 6.07 Å². The third kappa shape index (κ3) is 3.35. The normalized spacial score (nSPS) is 21.3. The minimum atomic E-state index is -4.39. The first kappa shape index (κ1) is 22.8. The summed E-state index contributed by atoms with van der Waals surface area (Å²) in [5.74, 6) is -10.5. The molecule has 0 saturated carbocycles. The van der Waals surface area contributed by atoms with E-state index in [-0.39, 0.29) is 18.0 Å². The Labute approximate surface area is 169 Å². The molecule has 0 bridgehead atoms. The van der Waals surface area contributed by atoms with E-state index in [1.54, 1.807) is 0 Å². The SMILES string of the molecule is Fc1ccc2c(c1)SC(F)(F)C2(F)F.O=Cc1c(F)ccc2c1SC(F)(F)C2(F)F. The van der Waals surface area contributed by atoms with Gasteiger partial charge in [-0.25, -0.2) is 8.78 Å². The van der Waals surface area contributed by atoms with E-state index in [0.29, 0.717) is 24.3 Å². The van der Waals surface area contributed by atoms with Crippen molar-refractivity contribution in [1.29, 1.82) is 0 Å². The first-order valence-electron chi connectivity index (χ1n) is 7.63. The number of benzene rings is 2. The lowest BCUT2D eigenvalue weighted by Crippen LogP contribution is -2.29. The van der Waals surface area contributed by atoms with Gasteiger partial charge in [0.15, 0.2) is 6.29 Å². The maximum Gasteiger partial charge on any atom is 0.364 e. The average molecular weight is 480 g/mol. The van der Waals surface area contributed by atoms with Crippen LogP contribution in [0.25, 0.3) is 0 Å². The topological polar surface area (TPSA) is 17.1 Å². The fourth-order valence-electron chi connectivity index (χ4n) is 2.59. The Hall–Kier alpha value is -1.89. The molecular weight excluding hydrogens is 474 g/mol. The number of halogens is 10. The number of alkyl halides is 8. The lowest BCUT2D eigenvalue weighted by atomic mass is 10.1. The lowest BCUT2D eigenvalue weighted by molar-refractivity contribution is -0.154. The van der Waals surface area contributed by atoms with Crippen LogP contribution in [0.3, 0.4) is 0 Å². The van der Waals surface area contributed by atoms with Crippen LogP contribution in [0.5, 0.6) is 0 Å². The molecular formula is C17H6F10OS2. The molecule has 13 heteroatoms. The van der Waals surface area contributed by atoms with Crippen LogP contribution in [0, 0.1) is 11.6 Å². The van der Waals surface area contributed by atoms with Gasteiger partial charge in [-0.2, -0.15) is 35.1 Å². The van der Waals surface area contributed by atoms with Crippen molar-refractivity contribution in [2.24, 2.45) is 0 Å². The summed E-state index contributed by atoms with van der Waals surface area (Å²) in [6.45, 7) is 0. The van der Waals surface area contributed by atoms with Crippen molar-refractivity contribution in [3.63, 3.8) is 0 Å². The third-order valence-corrected chi connectivity index (χ3v) is 6.31. The minimum Gasteiger partial charge on any atom is -0.298 e. The molecule has 2 aromatic rings. The average Bonchev–Trinajstić information content (AvgIpc) is 2.90. The highest BCUT2D eigenvalue weighted by atomic mass is 32.2. The fourth-order valence-corrected chi connectivity index (χ4v) is 4.64. The zero-order chi connectivity index (χ0) is 22.7. The summed E-state index contributed by atoms with van der Waals surface area (Å²) in [5, 5.41) is -8.55. The van der Waals surface area contributed by atoms with Crippen molar-refractivity contribution in [3.8, 4) is 0 Å². The van der Waals surface area contributed by atoms with Crippen LogP contribution >= 0.6 is 23.5 Å². The van der Waals surface area contributed by atoms with E-state index >= 15 is 0 Å². The molecule has 2 heterocycles. The highest BCUT2D eigenvalue weighted by Gasteiger charge is 2.65. The summed E-state index contributed by atoms with van der Waals surface area (Å²) in [6.07, 6.45) is -0.0430. The molecule has 162 valence electrons. The van der Waals surface area contributed by atoms with Gasteiger partial charge in [-0.3, -0.25) is 4.79 Å². The molecule has 0 amide bonds. The number of thioether (sulfide) groups is 2. The van der Waals surface area contributed by atoms with Crippen molar-refractivity contribution in [2.75, 3.05) is 0 Å². The second-order valence-corrected chi connectivity index (χ2v) is 8.26. The number of rotatable bonds is 1. The zero-order valence-electron chi connectivity index (χ0n) is 14.0. The Morgan fingerprint density at radius 2 is 1.27 bits per heavy atom. The smallest absolute Gasteiger partial charge is 0.298 e. The monoisotopic (exact) mass is 480 g/mol. The third-order valence-electron chi connectivity index (χ3n) is 4.08. The van der Waals surface area contributed by atoms with Crippen molar-refractivity contribution in [1.82, 2.24) is 0 Å².